The Morgan fingerprint density at radius 3 is 3.00 bits per heavy atom. The first-order valence-corrected chi connectivity index (χ1v) is 4.07. The van der Waals surface area contributed by atoms with E-state index in [0.717, 1.165) is 0 Å². The molecule has 5 heteroatoms. The number of hydrogen-bond donors (Lipinski definition) is 0. The molecule has 0 saturated heterocycles. The third-order valence-corrected chi connectivity index (χ3v) is 1.99. The number of aromatic nitrogens is 3. The van der Waals surface area contributed by atoms with Gasteiger partial charge in [0, 0.05) is 19.3 Å². The molecule has 0 bridgehead atoms. The van der Waals surface area contributed by atoms with Gasteiger partial charge in [-0.2, -0.15) is 5.10 Å². The summed E-state index contributed by atoms with van der Waals surface area (Å²) in [5.74, 6) is -0.0835. The summed E-state index contributed by atoms with van der Waals surface area (Å²) in [4.78, 5) is 14.9. The Balaban J connectivity index is 2.75. The van der Waals surface area contributed by atoms with E-state index >= 15 is 0 Å². The quantitative estimate of drug-likeness (QED) is 0.650. The number of Topliss-reactive ketones (excluding diaryl/α,β-unsaturated/α-hetero) is 1. The first-order valence-electron chi connectivity index (χ1n) is 3.69. The number of carbonyl (C=O) groups excluding carboxylic acids is 1. The second-order valence-electron chi connectivity index (χ2n) is 2.63. The van der Waals surface area contributed by atoms with Crippen LogP contribution < -0.4 is 0 Å². The standard InChI is InChI=1S/C8H6ClN3O/c1-5(13)6-4-7-8(9)10-2-3-12(7)11-6/h2-4H,1H3. The van der Waals surface area contributed by atoms with Gasteiger partial charge >= 0.3 is 0 Å². The highest BCUT2D eigenvalue weighted by Crippen LogP contribution is 2.14. The van der Waals surface area contributed by atoms with Crippen LogP contribution in [0, 0.1) is 0 Å². The molecule has 0 spiro atoms. The Kier molecular flexibility index (Phi) is 1.77. The molecule has 4 nitrogen and oxygen atoms in total. The highest BCUT2D eigenvalue weighted by atomic mass is 35.5. The monoisotopic (exact) mass is 195 g/mol. The molecule has 0 unspecified atom stereocenters. The number of nitrogens with zero attached hydrogens (tertiary/aromatic N) is 3. The van der Waals surface area contributed by atoms with Crippen LogP contribution >= 0.6 is 11.6 Å². The zero-order chi connectivity index (χ0) is 9.42. The third-order valence-electron chi connectivity index (χ3n) is 1.70. The minimum atomic E-state index is -0.0835. The Labute approximate surface area is 79.2 Å². The topological polar surface area (TPSA) is 47.3 Å². The van der Waals surface area contributed by atoms with Crippen molar-refractivity contribution in [2.24, 2.45) is 0 Å². The molecule has 66 valence electrons. The van der Waals surface area contributed by atoms with Gasteiger partial charge in [0.2, 0.25) is 0 Å². The molecule has 0 radical (unpaired) electrons. The van der Waals surface area contributed by atoms with Crippen molar-refractivity contribution in [3.8, 4) is 0 Å². The smallest absolute Gasteiger partial charge is 0.180 e. The lowest BCUT2D eigenvalue weighted by atomic mass is 10.3. The highest BCUT2D eigenvalue weighted by Gasteiger charge is 2.07. The summed E-state index contributed by atoms with van der Waals surface area (Å²) in [7, 11) is 0. The van der Waals surface area contributed by atoms with E-state index < -0.39 is 0 Å². The molecule has 2 aromatic rings. The molecular formula is C8H6ClN3O. The van der Waals surface area contributed by atoms with E-state index in [0.29, 0.717) is 16.4 Å². The molecule has 0 amide bonds. The van der Waals surface area contributed by atoms with Crippen molar-refractivity contribution in [1.29, 1.82) is 0 Å². The van der Waals surface area contributed by atoms with Crippen LogP contribution in [0.2, 0.25) is 5.15 Å². The molecule has 2 rings (SSSR count). The molecular weight excluding hydrogens is 190 g/mol. The van der Waals surface area contributed by atoms with E-state index in [1.807, 2.05) is 0 Å². The second kappa shape index (κ2) is 2.81. The normalized spacial score (nSPS) is 10.6. The van der Waals surface area contributed by atoms with Crippen LogP contribution in [0.4, 0.5) is 0 Å². The minimum Gasteiger partial charge on any atom is -0.293 e. The van der Waals surface area contributed by atoms with Gasteiger partial charge in [0.15, 0.2) is 10.9 Å². The number of rotatable bonds is 1. The summed E-state index contributed by atoms with van der Waals surface area (Å²) in [6.07, 6.45) is 3.18. The van der Waals surface area contributed by atoms with Crippen molar-refractivity contribution in [3.63, 3.8) is 0 Å². The number of hydrogen-bond acceptors (Lipinski definition) is 3. The molecule has 2 heterocycles. The first-order chi connectivity index (χ1) is 6.18. The van der Waals surface area contributed by atoms with Crippen molar-refractivity contribution in [1.82, 2.24) is 14.6 Å². The average molecular weight is 196 g/mol. The first kappa shape index (κ1) is 8.19. The minimum absolute atomic E-state index is 0.0835. The fraction of sp³-hybridized carbons (Fsp3) is 0.125. The van der Waals surface area contributed by atoms with Crippen molar-refractivity contribution < 1.29 is 4.79 Å². The van der Waals surface area contributed by atoms with Crippen LogP contribution in [0.15, 0.2) is 18.5 Å². The lowest BCUT2D eigenvalue weighted by Gasteiger charge is -1.91. The second-order valence-corrected chi connectivity index (χ2v) is 2.99. The molecule has 0 fully saturated rings. The van der Waals surface area contributed by atoms with Crippen molar-refractivity contribution in [2.45, 2.75) is 6.92 Å². The van der Waals surface area contributed by atoms with Crippen LogP contribution in [0.25, 0.3) is 5.52 Å². The molecule has 0 N–H and O–H groups in total. The van der Waals surface area contributed by atoms with Gasteiger partial charge < -0.3 is 0 Å². The predicted octanol–water partition coefficient (Wildman–Crippen LogP) is 1.59. The van der Waals surface area contributed by atoms with Crippen LogP contribution in [0.1, 0.15) is 17.4 Å². The van der Waals surface area contributed by atoms with E-state index in [9.17, 15) is 4.79 Å². The maximum atomic E-state index is 11.0. The van der Waals surface area contributed by atoms with Gasteiger partial charge in [-0.1, -0.05) is 11.6 Å². The summed E-state index contributed by atoms with van der Waals surface area (Å²) < 4.78 is 1.53. The molecule has 0 aliphatic heterocycles. The molecule has 0 aliphatic carbocycles. The van der Waals surface area contributed by atoms with E-state index in [1.54, 1.807) is 12.3 Å². The number of halogens is 1. The summed E-state index contributed by atoms with van der Waals surface area (Å²) in [6.45, 7) is 1.46. The number of carbonyl (C=O) groups is 1. The van der Waals surface area contributed by atoms with Crippen LogP contribution in [-0.2, 0) is 0 Å². The molecule has 0 aromatic carbocycles. The summed E-state index contributed by atoms with van der Waals surface area (Å²) in [5, 5.41) is 4.37. The van der Waals surface area contributed by atoms with E-state index in [-0.39, 0.29) is 5.78 Å². The Morgan fingerprint density at radius 2 is 2.38 bits per heavy atom. The van der Waals surface area contributed by atoms with Crippen LogP contribution in [0.5, 0.6) is 0 Å². The van der Waals surface area contributed by atoms with Gasteiger partial charge in [0.1, 0.15) is 11.2 Å². The van der Waals surface area contributed by atoms with Gasteiger partial charge in [-0.3, -0.25) is 4.79 Å². The lowest BCUT2D eigenvalue weighted by molar-refractivity contribution is 0.101. The Hall–Kier alpha value is -1.42. The zero-order valence-electron chi connectivity index (χ0n) is 6.86. The average Bonchev–Trinajstić information content (AvgIpc) is 2.49. The van der Waals surface area contributed by atoms with Gasteiger partial charge in [-0.15, -0.1) is 0 Å². The molecule has 13 heavy (non-hydrogen) atoms. The maximum Gasteiger partial charge on any atom is 0.180 e. The van der Waals surface area contributed by atoms with E-state index in [4.69, 9.17) is 11.6 Å². The van der Waals surface area contributed by atoms with Crippen molar-refractivity contribution in [3.05, 3.63) is 29.3 Å². The Morgan fingerprint density at radius 1 is 1.62 bits per heavy atom. The fourth-order valence-electron chi connectivity index (χ4n) is 1.06. The summed E-state index contributed by atoms with van der Waals surface area (Å²) >= 11 is 5.79. The summed E-state index contributed by atoms with van der Waals surface area (Å²) in [6, 6.07) is 1.62. The Bertz CT molecular complexity index is 477. The summed E-state index contributed by atoms with van der Waals surface area (Å²) in [5.41, 5.74) is 1.05. The fourth-order valence-corrected chi connectivity index (χ4v) is 1.26. The van der Waals surface area contributed by atoms with Gasteiger partial charge in [0.05, 0.1) is 0 Å². The largest absolute Gasteiger partial charge is 0.293 e. The number of ketones is 1. The van der Waals surface area contributed by atoms with Gasteiger partial charge in [0.25, 0.3) is 0 Å². The molecule has 0 atom stereocenters. The third kappa shape index (κ3) is 1.29. The van der Waals surface area contributed by atoms with Gasteiger partial charge in [-0.05, 0) is 6.07 Å². The lowest BCUT2D eigenvalue weighted by Crippen LogP contribution is -1.93. The zero-order valence-corrected chi connectivity index (χ0v) is 7.62. The van der Waals surface area contributed by atoms with Gasteiger partial charge in [-0.25, -0.2) is 9.50 Å². The predicted molar refractivity (Wildman–Crippen MR) is 48.0 cm³/mol. The van der Waals surface area contributed by atoms with Crippen molar-refractivity contribution in [2.75, 3.05) is 0 Å². The van der Waals surface area contributed by atoms with E-state index in [2.05, 4.69) is 10.1 Å². The number of fused-ring (bicyclic) bond motifs is 1. The van der Waals surface area contributed by atoms with Crippen LogP contribution in [0.3, 0.4) is 0 Å². The highest BCUT2D eigenvalue weighted by molar-refractivity contribution is 6.32. The van der Waals surface area contributed by atoms with Crippen molar-refractivity contribution >= 4 is 22.9 Å². The molecule has 2 aromatic heterocycles. The maximum absolute atomic E-state index is 11.0. The van der Waals surface area contributed by atoms with E-state index in [1.165, 1.54) is 17.6 Å². The molecule has 0 aliphatic rings. The SMILES string of the molecule is CC(=O)c1cc2c(Cl)nccn2n1. The van der Waals surface area contributed by atoms with Crippen LogP contribution in [-0.4, -0.2) is 20.4 Å². The molecule has 0 saturated carbocycles.